The van der Waals surface area contributed by atoms with E-state index in [1.807, 2.05) is 0 Å². The van der Waals surface area contributed by atoms with Crippen molar-refractivity contribution in [1.82, 2.24) is 0 Å². The number of carboxylic acids is 5. The minimum absolute atomic E-state index is 0.464. The lowest BCUT2D eigenvalue weighted by atomic mass is 10.2. The first-order valence-corrected chi connectivity index (χ1v) is 7.34. The van der Waals surface area contributed by atoms with Crippen molar-refractivity contribution in [3.63, 3.8) is 0 Å². The minimum Gasteiger partial charge on any atom is -0.481 e. The fourth-order valence-corrected chi connectivity index (χ4v) is 1.01. The highest BCUT2D eigenvalue weighted by Crippen LogP contribution is 1.91. The second-order valence-corrected chi connectivity index (χ2v) is 4.96. The van der Waals surface area contributed by atoms with Crippen molar-refractivity contribution in [2.75, 3.05) is 6.54 Å². The first-order chi connectivity index (χ1) is 12.3. The van der Waals surface area contributed by atoms with Gasteiger partial charge < -0.3 is 48.5 Å². The summed E-state index contributed by atoms with van der Waals surface area (Å²) in [6.07, 6.45) is 0.0734. The van der Waals surface area contributed by atoms with E-state index < -0.39 is 60.8 Å². The molecule has 0 radical (unpaired) electrons. The van der Waals surface area contributed by atoms with Gasteiger partial charge in [0.1, 0.15) is 18.1 Å². The molecule has 0 aliphatic rings. The molecule has 0 aliphatic heterocycles. The summed E-state index contributed by atoms with van der Waals surface area (Å²) in [4.78, 5) is 49.3. The molecule has 14 nitrogen and oxygen atoms in total. The summed E-state index contributed by atoms with van der Waals surface area (Å²) < 4.78 is 0. The molecule has 3 atom stereocenters. The van der Waals surface area contributed by atoms with Crippen LogP contribution in [0, 0.1) is 0 Å². The molecule has 0 aromatic carbocycles. The number of nitrogens with two attached hydrogens (primary N) is 4. The molecule has 0 saturated heterocycles. The molecule has 0 aromatic rings. The van der Waals surface area contributed by atoms with Crippen molar-refractivity contribution in [2.24, 2.45) is 22.9 Å². The second kappa shape index (κ2) is 16.6. The molecule has 0 rings (SSSR count). The van der Waals surface area contributed by atoms with Gasteiger partial charge in [0.2, 0.25) is 0 Å². The monoisotopic (exact) mass is 398 g/mol. The van der Waals surface area contributed by atoms with Crippen LogP contribution in [0.15, 0.2) is 0 Å². The van der Waals surface area contributed by atoms with Crippen LogP contribution in [0.4, 0.5) is 0 Å². The van der Waals surface area contributed by atoms with Gasteiger partial charge >= 0.3 is 29.8 Å². The molecule has 27 heavy (non-hydrogen) atoms. The van der Waals surface area contributed by atoms with Crippen molar-refractivity contribution < 1.29 is 49.5 Å². The van der Waals surface area contributed by atoms with E-state index in [9.17, 15) is 24.0 Å². The molecule has 0 saturated carbocycles. The average molecular weight is 398 g/mol. The van der Waals surface area contributed by atoms with E-state index in [4.69, 9.17) is 48.5 Å². The Morgan fingerprint density at radius 2 is 0.926 bits per heavy atom. The Morgan fingerprint density at radius 1 is 0.630 bits per heavy atom. The van der Waals surface area contributed by atoms with Gasteiger partial charge in [0.25, 0.3) is 0 Å². The lowest BCUT2D eigenvalue weighted by Gasteiger charge is -2.02. The van der Waals surface area contributed by atoms with E-state index in [0.29, 0.717) is 19.4 Å². The van der Waals surface area contributed by atoms with E-state index in [2.05, 4.69) is 0 Å². The lowest BCUT2D eigenvalue weighted by molar-refractivity contribution is -0.144. The molecule has 0 spiro atoms. The quantitative estimate of drug-likeness (QED) is 0.176. The number of hydrogen-bond donors (Lipinski definition) is 9. The number of rotatable bonds is 10. The Hall–Kier alpha value is -2.81. The average Bonchev–Trinajstić information content (AvgIpc) is 2.52. The van der Waals surface area contributed by atoms with Gasteiger partial charge in [0.15, 0.2) is 0 Å². The molecule has 3 unspecified atom stereocenters. The van der Waals surface area contributed by atoms with Gasteiger partial charge in [-0.25, -0.2) is 0 Å². The fourth-order valence-electron chi connectivity index (χ4n) is 1.01. The maximum absolute atomic E-state index is 10.0. The van der Waals surface area contributed by atoms with Gasteiger partial charge in [-0.2, -0.15) is 0 Å². The molecule has 0 aliphatic carbocycles. The van der Waals surface area contributed by atoms with Gasteiger partial charge in [-0.1, -0.05) is 0 Å². The summed E-state index contributed by atoms with van der Waals surface area (Å²) in [7, 11) is 0. The minimum atomic E-state index is -1.29. The van der Waals surface area contributed by atoms with Crippen molar-refractivity contribution >= 4 is 29.8 Å². The SMILES string of the molecule is NC(CC(=O)O)C(=O)O.NC(CC(=O)O)C(=O)O.NCCCC(N)C(=O)O. The molecule has 0 amide bonds. The summed E-state index contributed by atoms with van der Waals surface area (Å²) in [5, 5.41) is 40.3. The van der Waals surface area contributed by atoms with Crippen molar-refractivity contribution in [1.29, 1.82) is 0 Å². The molecule has 14 heteroatoms. The van der Waals surface area contributed by atoms with Crippen LogP contribution in [0.5, 0.6) is 0 Å². The second-order valence-electron chi connectivity index (χ2n) is 4.96. The highest BCUT2D eigenvalue weighted by molar-refractivity contribution is 5.80. The highest BCUT2D eigenvalue weighted by Gasteiger charge is 2.15. The van der Waals surface area contributed by atoms with Crippen LogP contribution in [0.3, 0.4) is 0 Å². The fraction of sp³-hybridized carbons (Fsp3) is 0.615. The van der Waals surface area contributed by atoms with E-state index in [-0.39, 0.29) is 0 Å². The Balaban J connectivity index is -0.000000320. The molecule has 0 fully saturated rings. The van der Waals surface area contributed by atoms with Crippen molar-refractivity contribution in [3.8, 4) is 0 Å². The van der Waals surface area contributed by atoms with Gasteiger partial charge in [0, 0.05) is 0 Å². The molecule has 0 heterocycles. The first-order valence-electron chi connectivity index (χ1n) is 7.34. The zero-order valence-corrected chi connectivity index (χ0v) is 14.4. The highest BCUT2D eigenvalue weighted by atomic mass is 16.4. The number of carbonyl (C=O) groups is 5. The van der Waals surface area contributed by atoms with E-state index in [1.54, 1.807) is 0 Å². The molecule has 158 valence electrons. The Morgan fingerprint density at radius 3 is 1.07 bits per heavy atom. The lowest BCUT2D eigenvalue weighted by Crippen LogP contribution is -2.32. The summed E-state index contributed by atoms with van der Waals surface area (Å²) in [5.41, 5.74) is 19.9. The number of aliphatic carboxylic acids is 5. The van der Waals surface area contributed by atoms with Crippen LogP contribution < -0.4 is 22.9 Å². The molecular weight excluding hydrogens is 372 g/mol. The van der Waals surface area contributed by atoms with Gasteiger partial charge in [0.05, 0.1) is 12.8 Å². The van der Waals surface area contributed by atoms with Crippen LogP contribution in [-0.2, 0) is 24.0 Å². The Kier molecular flexibility index (Phi) is 17.9. The van der Waals surface area contributed by atoms with E-state index in [1.165, 1.54) is 0 Å². The number of hydrogen-bond acceptors (Lipinski definition) is 9. The normalized spacial score (nSPS) is 12.7. The maximum Gasteiger partial charge on any atom is 0.321 e. The summed E-state index contributed by atoms with van der Waals surface area (Å²) >= 11 is 0. The van der Waals surface area contributed by atoms with Crippen LogP contribution in [0.25, 0.3) is 0 Å². The summed E-state index contributed by atoms with van der Waals surface area (Å²) in [5.74, 6) is -5.95. The topological polar surface area (TPSA) is 291 Å². The Labute approximate surface area is 153 Å². The number of carboxylic acid groups (broad SMARTS) is 5. The van der Waals surface area contributed by atoms with Gasteiger partial charge in [-0.05, 0) is 19.4 Å². The van der Waals surface area contributed by atoms with Gasteiger partial charge in [-0.3, -0.25) is 24.0 Å². The standard InChI is InChI=1S/C5H12N2O2.2C4H7NO4/c6-3-1-2-4(7)5(8)9;2*5-2(4(8)9)1-3(6)7/h4H,1-3,6-7H2,(H,8,9);2*2H,1,5H2,(H,6,7)(H,8,9). The Bertz CT molecular complexity index is 467. The molecule has 0 bridgehead atoms. The zero-order chi connectivity index (χ0) is 22.2. The zero-order valence-electron chi connectivity index (χ0n) is 14.4. The van der Waals surface area contributed by atoms with E-state index in [0.717, 1.165) is 0 Å². The third-order valence-corrected chi connectivity index (χ3v) is 2.46. The van der Waals surface area contributed by atoms with Crippen LogP contribution >= 0.6 is 0 Å². The van der Waals surface area contributed by atoms with Crippen LogP contribution in [0.1, 0.15) is 25.7 Å². The predicted octanol–water partition coefficient (Wildman–Crippen LogP) is -3.12. The summed E-state index contributed by atoms with van der Waals surface area (Å²) in [6.45, 7) is 0.501. The third-order valence-electron chi connectivity index (χ3n) is 2.46. The maximum atomic E-state index is 10.0. The molecular formula is C13H26N4O10. The first kappa shape index (κ1) is 29.0. The van der Waals surface area contributed by atoms with E-state index >= 15 is 0 Å². The summed E-state index contributed by atoms with van der Waals surface area (Å²) in [6, 6.07) is -3.32. The largest absolute Gasteiger partial charge is 0.481 e. The van der Waals surface area contributed by atoms with Gasteiger partial charge in [-0.15, -0.1) is 0 Å². The van der Waals surface area contributed by atoms with Crippen molar-refractivity contribution in [3.05, 3.63) is 0 Å². The van der Waals surface area contributed by atoms with Crippen LogP contribution in [0.2, 0.25) is 0 Å². The third kappa shape index (κ3) is 23.2. The smallest absolute Gasteiger partial charge is 0.321 e. The predicted molar refractivity (Wildman–Crippen MR) is 89.6 cm³/mol. The molecule has 13 N–H and O–H groups in total. The van der Waals surface area contributed by atoms with Crippen LogP contribution in [-0.4, -0.2) is 80.0 Å². The van der Waals surface area contributed by atoms with Crippen molar-refractivity contribution in [2.45, 2.75) is 43.8 Å². The molecule has 0 aromatic heterocycles.